The van der Waals surface area contributed by atoms with Gasteiger partial charge < -0.3 is 20.3 Å². The summed E-state index contributed by atoms with van der Waals surface area (Å²) in [5.41, 5.74) is 0. The number of aliphatic hydroxyl groups is 2. The number of rotatable bonds is 59. The molecule has 0 aliphatic carbocycles. The van der Waals surface area contributed by atoms with E-state index in [1.807, 2.05) is 6.08 Å². The molecule has 0 spiro atoms. The summed E-state index contributed by atoms with van der Waals surface area (Å²) in [5.74, 6) is -0.0675. The fourth-order valence-electron chi connectivity index (χ4n) is 9.99. The maximum atomic E-state index is 12.5. The van der Waals surface area contributed by atoms with E-state index < -0.39 is 12.1 Å². The van der Waals surface area contributed by atoms with Crippen molar-refractivity contribution < 1.29 is 24.5 Å². The van der Waals surface area contributed by atoms with Crippen LogP contribution in [0.3, 0.4) is 0 Å². The molecule has 0 bridgehead atoms. The zero-order valence-electron chi connectivity index (χ0n) is 46.8. The molecule has 0 aliphatic heterocycles. The Morgan fingerprint density at radius 3 is 0.986 bits per heavy atom. The van der Waals surface area contributed by atoms with Crippen LogP contribution >= 0.6 is 0 Å². The van der Waals surface area contributed by atoms with E-state index in [0.717, 1.165) is 44.9 Å². The molecule has 1 amide bonds. The lowest BCUT2D eigenvalue weighted by Crippen LogP contribution is -2.45. The minimum Gasteiger partial charge on any atom is -0.466 e. The number of carbonyl (C=O) groups excluding carboxylic acids is 2. The first-order valence-electron chi connectivity index (χ1n) is 31.5. The molecule has 3 N–H and O–H groups in total. The Balaban J connectivity index is 3.45. The van der Waals surface area contributed by atoms with Gasteiger partial charge in [-0.05, 0) is 32.1 Å². The summed E-state index contributed by atoms with van der Waals surface area (Å²) in [6, 6.07) is -0.633. The third kappa shape index (κ3) is 55.8. The molecule has 2 atom stereocenters. The standard InChI is InChI=1S/C63H123NO5/c1-3-5-7-9-11-13-15-16-17-18-19-20-21-22-23-24-25-26-29-32-36-39-43-47-51-55-61(66)60(59-65)64-62(67)56-52-48-44-40-37-33-30-27-28-31-34-38-42-46-50-54-58-69-63(68)57-53-49-45-41-35-14-12-10-8-6-4-2/h51,55,60-61,65-66H,3-50,52-54,56-59H2,1-2H3,(H,64,67)/b55-51+. The molecule has 0 saturated carbocycles. The SMILES string of the molecule is CCCCCCCCCCCCCCCCCCCCCCCCC/C=C/C(O)C(CO)NC(=O)CCCCCCCCCCCCCCCCCCOC(=O)CCCCCCCCCCCCC. The Kier molecular flexibility index (Phi) is 58.0. The van der Waals surface area contributed by atoms with E-state index in [0.29, 0.717) is 19.4 Å². The lowest BCUT2D eigenvalue weighted by molar-refractivity contribution is -0.143. The Labute approximate surface area is 431 Å². The molecule has 0 aliphatic rings. The predicted octanol–water partition coefficient (Wildman–Crippen LogP) is 19.6. The highest BCUT2D eigenvalue weighted by Crippen LogP contribution is 2.18. The van der Waals surface area contributed by atoms with Crippen LogP contribution in [-0.2, 0) is 14.3 Å². The number of ether oxygens (including phenoxy) is 1. The first-order chi connectivity index (χ1) is 34.0. The predicted molar refractivity (Wildman–Crippen MR) is 301 cm³/mol. The molecule has 6 nitrogen and oxygen atoms in total. The van der Waals surface area contributed by atoms with Gasteiger partial charge in [0.05, 0.1) is 25.4 Å². The molecule has 6 heteroatoms. The lowest BCUT2D eigenvalue weighted by Gasteiger charge is -2.20. The van der Waals surface area contributed by atoms with Crippen molar-refractivity contribution in [3.8, 4) is 0 Å². The van der Waals surface area contributed by atoms with Gasteiger partial charge in [0.1, 0.15) is 0 Å². The fourth-order valence-corrected chi connectivity index (χ4v) is 9.99. The smallest absolute Gasteiger partial charge is 0.305 e. The van der Waals surface area contributed by atoms with E-state index in [1.54, 1.807) is 6.08 Å². The van der Waals surface area contributed by atoms with E-state index in [2.05, 4.69) is 19.2 Å². The van der Waals surface area contributed by atoms with Gasteiger partial charge in [-0.3, -0.25) is 9.59 Å². The third-order valence-corrected chi connectivity index (χ3v) is 14.8. The molecule has 0 aromatic carbocycles. The first kappa shape index (κ1) is 67.6. The summed E-state index contributed by atoms with van der Waals surface area (Å²) < 4.78 is 5.46. The summed E-state index contributed by atoms with van der Waals surface area (Å²) in [6.45, 7) is 4.92. The zero-order valence-corrected chi connectivity index (χ0v) is 46.8. The van der Waals surface area contributed by atoms with Crippen LogP contribution in [0.1, 0.15) is 354 Å². The van der Waals surface area contributed by atoms with Crippen molar-refractivity contribution in [3.63, 3.8) is 0 Å². The number of allylic oxidation sites excluding steroid dienone is 1. The van der Waals surface area contributed by atoms with Crippen LogP contribution in [0.25, 0.3) is 0 Å². The van der Waals surface area contributed by atoms with Gasteiger partial charge in [0.25, 0.3) is 0 Å². The van der Waals surface area contributed by atoms with Crippen molar-refractivity contribution >= 4 is 11.9 Å². The van der Waals surface area contributed by atoms with Crippen molar-refractivity contribution in [2.75, 3.05) is 13.2 Å². The number of carbonyl (C=O) groups is 2. The molecule has 0 heterocycles. The normalized spacial score (nSPS) is 12.6. The molecule has 0 aromatic rings. The van der Waals surface area contributed by atoms with Gasteiger partial charge in [0.15, 0.2) is 0 Å². The van der Waals surface area contributed by atoms with Crippen LogP contribution < -0.4 is 5.32 Å². The topological polar surface area (TPSA) is 95.9 Å². The Bertz CT molecular complexity index is 1030. The quantitative estimate of drug-likeness (QED) is 0.0321. The van der Waals surface area contributed by atoms with Crippen LogP contribution in [0, 0.1) is 0 Å². The van der Waals surface area contributed by atoms with Crippen LogP contribution in [0.2, 0.25) is 0 Å². The van der Waals surface area contributed by atoms with Gasteiger partial charge in [-0.1, -0.05) is 321 Å². The number of aliphatic hydroxyl groups excluding tert-OH is 2. The molecular weight excluding hydrogens is 851 g/mol. The fraction of sp³-hybridized carbons (Fsp3) is 0.937. The molecule has 0 fully saturated rings. The van der Waals surface area contributed by atoms with Crippen LogP contribution in [0.5, 0.6) is 0 Å². The Morgan fingerprint density at radius 2 is 0.667 bits per heavy atom. The average Bonchev–Trinajstić information content (AvgIpc) is 3.35. The number of unbranched alkanes of at least 4 members (excludes halogenated alkanes) is 48. The van der Waals surface area contributed by atoms with E-state index in [9.17, 15) is 19.8 Å². The molecule has 410 valence electrons. The molecule has 0 radical (unpaired) electrons. The van der Waals surface area contributed by atoms with Crippen LogP contribution in [-0.4, -0.2) is 47.4 Å². The van der Waals surface area contributed by atoms with Gasteiger partial charge in [-0.2, -0.15) is 0 Å². The van der Waals surface area contributed by atoms with Crippen molar-refractivity contribution in [1.29, 1.82) is 0 Å². The highest BCUT2D eigenvalue weighted by molar-refractivity contribution is 5.76. The highest BCUT2D eigenvalue weighted by atomic mass is 16.5. The number of nitrogens with one attached hydrogen (secondary N) is 1. The van der Waals surface area contributed by atoms with Crippen molar-refractivity contribution in [2.45, 2.75) is 366 Å². The molecule has 0 rings (SSSR count). The molecule has 69 heavy (non-hydrogen) atoms. The second-order valence-corrected chi connectivity index (χ2v) is 21.8. The van der Waals surface area contributed by atoms with E-state index in [4.69, 9.17) is 4.74 Å². The van der Waals surface area contributed by atoms with Gasteiger partial charge in [-0.25, -0.2) is 0 Å². The monoisotopic (exact) mass is 974 g/mol. The highest BCUT2D eigenvalue weighted by Gasteiger charge is 2.18. The van der Waals surface area contributed by atoms with Crippen LogP contribution in [0.15, 0.2) is 12.2 Å². The number of hydrogen-bond acceptors (Lipinski definition) is 5. The first-order valence-corrected chi connectivity index (χ1v) is 31.5. The largest absolute Gasteiger partial charge is 0.466 e. The minimum atomic E-state index is -0.849. The molecule has 0 aromatic heterocycles. The second-order valence-electron chi connectivity index (χ2n) is 21.8. The van der Waals surface area contributed by atoms with Gasteiger partial charge in [0, 0.05) is 12.8 Å². The Hall–Kier alpha value is -1.40. The minimum absolute atomic E-state index is 0.00287. The summed E-state index contributed by atoms with van der Waals surface area (Å²) in [4.78, 5) is 24.5. The summed E-state index contributed by atoms with van der Waals surface area (Å²) in [5, 5.41) is 23.2. The second kappa shape index (κ2) is 59.2. The summed E-state index contributed by atoms with van der Waals surface area (Å²) in [6.07, 6.45) is 71.1. The summed E-state index contributed by atoms with van der Waals surface area (Å²) >= 11 is 0. The van der Waals surface area contributed by atoms with Gasteiger partial charge in [-0.15, -0.1) is 0 Å². The van der Waals surface area contributed by atoms with Crippen molar-refractivity contribution in [3.05, 3.63) is 12.2 Å². The maximum Gasteiger partial charge on any atom is 0.305 e. The van der Waals surface area contributed by atoms with E-state index in [-0.39, 0.29) is 18.5 Å². The number of amides is 1. The van der Waals surface area contributed by atoms with E-state index in [1.165, 1.54) is 283 Å². The molecule has 2 unspecified atom stereocenters. The van der Waals surface area contributed by atoms with E-state index >= 15 is 0 Å². The zero-order chi connectivity index (χ0) is 50.0. The van der Waals surface area contributed by atoms with Crippen LogP contribution in [0.4, 0.5) is 0 Å². The van der Waals surface area contributed by atoms with Gasteiger partial charge >= 0.3 is 5.97 Å². The lowest BCUT2D eigenvalue weighted by atomic mass is 10.0. The molecular formula is C63H123NO5. The van der Waals surface area contributed by atoms with Crippen molar-refractivity contribution in [2.24, 2.45) is 0 Å². The average molecular weight is 975 g/mol. The number of esters is 1. The third-order valence-electron chi connectivity index (χ3n) is 14.8. The van der Waals surface area contributed by atoms with Crippen molar-refractivity contribution in [1.82, 2.24) is 5.32 Å². The van der Waals surface area contributed by atoms with Gasteiger partial charge in [0.2, 0.25) is 5.91 Å². The Morgan fingerprint density at radius 1 is 0.391 bits per heavy atom. The maximum absolute atomic E-state index is 12.5. The number of hydrogen-bond donors (Lipinski definition) is 3. The molecule has 0 saturated heterocycles. The summed E-state index contributed by atoms with van der Waals surface area (Å²) in [7, 11) is 0.